The molecule has 1 saturated carbocycles. The predicted molar refractivity (Wildman–Crippen MR) is 104 cm³/mol. The summed E-state index contributed by atoms with van der Waals surface area (Å²) in [7, 11) is 0. The zero-order valence-electron chi connectivity index (χ0n) is 14.5. The summed E-state index contributed by atoms with van der Waals surface area (Å²) in [5, 5.41) is 12.0. The lowest BCUT2D eigenvalue weighted by atomic mass is 9.91. The van der Waals surface area contributed by atoms with Crippen molar-refractivity contribution in [2.75, 3.05) is 0 Å². The molecule has 0 unspecified atom stereocenters. The first-order valence-corrected chi connectivity index (χ1v) is 9.54. The normalized spacial score (nSPS) is 16.0. The maximum absolute atomic E-state index is 12.7. The molecule has 4 nitrogen and oxygen atoms in total. The summed E-state index contributed by atoms with van der Waals surface area (Å²) >= 11 is 6.19. The number of amides is 1. The van der Waals surface area contributed by atoms with Gasteiger partial charge < -0.3 is 5.32 Å². The molecule has 0 radical (unpaired) electrons. The van der Waals surface area contributed by atoms with Gasteiger partial charge in [0.05, 0.1) is 24.2 Å². The van der Waals surface area contributed by atoms with Gasteiger partial charge in [0, 0.05) is 10.4 Å². The highest BCUT2D eigenvalue weighted by molar-refractivity contribution is 6.30. The molecule has 0 saturated heterocycles. The number of hydrogen-bond donors (Lipinski definition) is 2. The van der Waals surface area contributed by atoms with Crippen LogP contribution in [-0.4, -0.2) is 16.1 Å². The molecule has 2 N–H and O–H groups in total. The van der Waals surface area contributed by atoms with E-state index in [1.165, 1.54) is 12.8 Å². The van der Waals surface area contributed by atoms with Crippen molar-refractivity contribution < 1.29 is 4.79 Å². The molecular formula is C21H22ClN3O. The Morgan fingerprint density at radius 2 is 2.08 bits per heavy atom. The Kier molecular flexibility index (Phi) is 4.93. The summed E-state index contributed by atoms with van der Waals surface area (Å²) in [4.78, 5) is 12.7. The number of nitrogens with one attached hydrogen (secondary N) is 2. The Balaban J connectivity index is 1.51. The van der Waals surface area contributed by atoms with Gasteiger partial charge in [0.25, 0.3) is 0 Å². The number of carbonyl (C=O) groups is 1. The fourth-order valence-corrected chi connectivity index (χ4v) is 4.17. The average molecular weight is 368 g/mol. The minimum atomic E-state index is 0.0290. The van der Waals surface area contributed by atoms with E-state index in [9.17, 15) is 4.79 Å². The molecule has 2 aromatic carbocycles. The van der Waals surface area contributed by atoms with Gasteiger partial charge in [-0.05, 0) is 54.2 Å². The maximum Gasteiger partial charge on any atom is 0.224 e. The second-order valence-corrected chi connectivity index (χ2v) is 7.55. The van der Waals surface area contributed by atoms with Crippen molar-refractivity contribution in [3.63, 3.8) is 0 Å². The van der Waals surface area contributed by atoms with Gasteiger partial charge >= 0.3 is 0 Å². The molecule has 0 spiro atoms. The SMILES string of the molecule is O=C(Cc1ccc2[nH]ncc2c1)N[C@@H](c1cccc(Cl)c1)C1CCCC1. The second kappa shape index (κ2) is 7.50. The van der Waals surface area contributed by atoms with Crippen LogP contribution in [-0.2, 0) is 11.2 Å². The molecule has 5 heteroatoms. The van der Waals surface area contributed by atoms with Gasteiger partial charge in [-0.25, -0.2) is 0 Å². The number of H-pyrrole nitrogens is 1. The van der Waals surface area contributed by atoms with E-state index >= 15 is 0 Å². The highest BCUT2D eigenvalue weighted by Crippen LogP contribution is 2.36. The molecule has 26 heavy (non-hydrogen) atoms. The van der Waals surface area contributed by atoms with Gasteiger partial charge in [0.1, 0.15) is 0 Å². The summed E-state index contributed by atoms with van der Waals surface area (Å²) in [5.74, 6) is 0.526. The molecule has 4 rings (SSSR count). The minimum Gasteiger partial charge on any atom is -0.349 e. The molecule has 1 amide bonds. The topological polar surface area (TPSA) is 57.8 Å². The third kappa shape index (κ3) is 3.75. The van der Waals surface area contributed by atoms with Crippen LogP contribution in [0.5, 0.6) is 0 Å². The van der Waals surface area contributed by atoms with Crippen molar-refractivity contribution in [1.82, 2.24) is 15.5 Å². The monoisotopic (exact) mass is 367 g/mol. The molecule has 1 aliphatic rings. The molecule has 1 heterocycles. The lowest BCUT2D eigenvalue weighted by Crippen LogP contribution is -2.33. The second-order valence-electron chi connectivity index (χ2n) is 7.11. The van der Waals surface area contributed by atoms with Crippen LogP contribution in [0.3, 0.4) is 0 Å². The van der Waals surface area contributed by atoms with E-state index in [2.05, 4.69) is 21.6 Å². The molecule has 1 atom stereocenters. The van der Waals surface area contributed by atoms with Crippen LogP contribution in [0.2, 0.25) is 5.02 Å². The number of aromatic amines is 1. The third-order valence-corrected chi connectivity index (χ3v) is 5.50. The van der Waals surface area contributed by atoms with Crippen molar-refractivity contribution in [3.05, 3.63) is 64.8 Å². The number of fused-ring (bicyclic) bond motifs is 1. The summed E-state index contributed by atoms with van der Waals surface area (Å²) in [5.41, 5.74) is 3.08. The zero-order valence-corrected chi connectivity index (χ0v) is 15.3. The van der Waals surface area contributed by atoms with Crippen LogP contribution in [0, 0.1) is 5.92 Å². The first-order chi connectivity index (χ1) is 12.7. The Hall–Kier alpha value is -2.33. The number of benzene rings is 2. The van der Waals surface area contributed by atoms with Gasteiger partial charge in [0.2, 0.25) is 5.91 Å². The quantitative estimate of drug-likeness (QED) is 0.680. The summed E-state index contributed by atoms with van der Waals surface area (Å²) in [6.45, 7) is 0. The Morgan fingerprint density at radius 3 is 2.88 bits per heavy atom. The average Bonchev–Trinajstić information content (AvgIpc) is 3.31. The van der Waals surface area contributed by atoms with Crippen LogP contribution >= 0.6 is 11.6 Å². The van der Waals surface area contributed by atoms with Crippen LogP contribution in [0.1, 0.15) is 42.9 Å². The van der Waals surface area contributed by atoms with Crippen molar-refractivity contribution in [1.29, 1.82) is 0 Å². The lowest BCUT2D eigenvalue weighted by Gasteiger charge is -2.25. The maximum atomic E-state index is 12.7. The number of aromatic nitrogens is 2. The molecule has 1 aliphatic carbocycles. The van der Waals surface area contributed by atoms with Crippen molar-refractivity contribution in [2.45, 2.75) is 38.1 Å². The fourth-order valence-electron chi connectivity index (χ4n) is 3.98. The molecule has 0 bridgehead atoms. The fraction of sp³-hybridized carbons (Fsp3) is 0.333. The van der Waals surface area contributed by atoms with Crippen LogP contribution < -0.4 is 5.32 Å². The molecule has 1 fully saturated rings. The van der Waals surface area contributed by atoms with E-state index in [1.807, 2.05) is 36.4 Å². The summed E-state index contributed by atoms with van der Waals surface area (Å²) < 4.78 is 0. The number of halogens is 1. The van der Waals surface area contributed by atoms with Crippen LogP contribution in [0.4, 0.5) is 0 Å². The summed E-state index contributed by atoms with van der Waals surface area (Å²) in [6, 6.07) is 13.9. The van der Waals surface area contributed by atoms with E-state index in [0.29, 0.717) is 17.4 Å². The van der Waals surface area contributed by atoms with E-state index in [4.69, 9.17) is 11.6 Å². The smallest absolute Gasteiger partial charge is 0.224 e. The van der Waals surface area contributed by atoms with E-state index in [-0.39, 0.29) is 11.9 Å². The lowest BCUT2D eigenvalue weighted by molar-refractivity contribution is -0.121. The van der Waals surface area contributed by atoms with Gasteiger partial charge in [-0.3, -0.25) is 9.89 Å². The van der Waals surface area contributed by atoms with Crippen LogP contribution in [0.15, 0.2) is 48.7 Å². The highest BCUT2D eigenvalue weighted by Gasteiger charge is 2.27. The predicted octanol–water partition coefficient (Wildman–Crippen LogP) is 4.81. The standard InChI is InChI=1S/C21H22ClN3O/c22-18-7-3-6-16(12-18)21(15-4-1-2-5-15)24-20(26)11-14-8-9-19-17(10-14)13-23-25-19/h3,6-10,12-13,15,21H,1-2,4-5,11H2,(H,23,25)(H,24,26)/t21-/m1/s1. The van der Waals surface area contributed by atoms with Gasteiger partial charge in [-0.1, -0.05) is 42.6 Å². The number of nitrogens with zero attached hydrogens (tertiary/aromatic N) is 1. The largest absolute Gasteiger partial charge is 0.349 e. The molecule has 134 valence electrons. The molecule has 0 aliphatic heterocycles. The number of carbonyl (C=O) groups excluding carboxylic acids is 1. The number of rotatable bonds is 5. The molecule has 1 aromatic heterocycles. The van der Waals surface area contributed by atoms with Gasteiger partial charge in [-0.2, -0.15) is 5.10 Å². The van der Waals surface area contributed by atoms with Gasteiger partial charge in [-0.15, -0.1) is 0 Å². The minimum absolute atomic E-state index is 0.0290. The molecular weight excluding hydrogens is 346 g/mol. The van der Waals surface area contributed by atoms with E-state index in [1.54, 1.807) is 6.20 Å². The third-order valence-electron chi connectivity index (χ3n) is 5.26. The first kappa shape index (κ1) is 17.1. The highest BCUT2D eigenvalue weighted by atomic mass is 35.5. The van der Waals surface area contributed by atoms with Crippen molar-refractivity contribution in [2.24, 2.45) is 5.92 Å². The van der Waals surface area contributed by atoms with Crippen LogP contribution in [0.25, 0.3) is 10.9 Å². The summed E-state index contributed by atoms with van der Waals surface area (Å²) in [6.07, 6.45) is 6.91. The van der Waals surface area contributed by atoms with Crippen molar-refractivity contribution >= 4 is 28.4 Å². The number of hydrogen-bond acceptors (Lipinski definition) is 2. The van der Waals surface area contributed by atoms with E-state index in [0.717, 1.165) is 34.9 Å². The van der Waals surface area contributed by atoms with Gasteiger partial charge in [0.15, 0.2) is 0 Å². The Morgan fingerprint density at radius 1 is 1.23 bits per heavy atom. The Bertz CT molecular complexity index is 914. The van der Waals surface area contributed by atoms with E-state index < -0.39 is 0 Å². The first-order valence-electron chi connectivity index (χ1n) is 9.16. The molecule has 3 aromatic rings. The zero-order chi connectivity index (χ0) is 17.9. The van der Waals surface area contributed by atoms with Crippen molar-refractivity contribution in [3.8, 4) is 0 Å². The Labute approximate surface area is 157 Å².